The number of benzene rings is 1. The van der Waals surface area contributed by atoms with E-state index in [1.807, 2.05) is 0 Å². The van der Waals surface area contributed by atoms with Crippen molar-refractivity contribution < 1.29 is 13.9 Å². The van der Waals surface area contributed by atoms with E-state index in [1.54, 1.807) is 15.9 Å². The molecule has 1 amide bonds. The summed E-state index contributed by atoms with van der Waals surface area (Å²) in [5, 5.41) is 4.06. The van der Waals surface area contributed by atoms with Gasteiger partial charge in [-0.05, 0) is 67.9 Å². The molecule has 1 aromatic carbocycles. The summed E-state index contributed by atoms with van der Waals surface area (Å²) in [4.78, 5) is 33.0. The Balaban J connectivity index is 1.43. The van der Waals surface area contributed by atoms with Crippen LogP contribution in [-0.2, 0) is 28.9 Å². The summed E-state index contributed by atoms with van der Waals surface area (Å²) in [6.45, 7) is 3.41. The lowest BCUT2D eigenvalue weighted by molar-refractivity contribution is -0.113. The predicted molar refractivity (Wildman–Crippen MR) is 130 cm³/mol. The summed E-state index contributed by atoms with van der Waals surface area (Å²) in [7, 11) is 0. The molecule has 2 aromatic heterocycles. The second-order valence-electron chi connectivity index (χ2n) is 8.82. The number of anilines is 1. The zero-order valence-electron chi connectivity index (χ0n) is 18.4. The third-order valence-corrected chi connectivity index (χ3v) is 8.38. The molecule has 2 atom stereocenters. The molecule has 2 aliphatic rings. The summed E-state index contributed by atoms with van der Waals surface area (Å²) >= 11 is 2.87. The number of halogens is 1. The Labute approximate surface area is 199 Å². The molecule has 3 aromatic rings. The Morgan fingerprint density at radius 3 is 2.91 bits per heavy atom. The molecule has 174 valence electrons. The molecule has 1 aliphatic heterocycles. The molecule has 3 heterocycles. The zero-order valence-corrected chi connectivity index (χ0v) is 20.1. The number of hydrogen-bond acceptors (Lipinski definition) is 6. The molecule has 0 spiro atoms. The van der Waals surface area contributed by atoms with Gasteiger partial charge in [-0.3, -0.25) is 14.2 Å². The maximum atomic E-state index is 13.6. The van der Waals surface area contributed by atoms with Crippen molar-refractivity contribution in [2.75, 3.05) is 17.7 Å². The zero-order chi connectivity index (χ0) is 22.9. The van der Waals surface area contributed by atoms with E-state index in [9.17, 15) is 14.0 Å². The van der Waals surface area contributed by atoms with Crippen molar-refractivity contribution in [3.8, 4) is 0 Å². The van der Waals surface area contributed by atoms with Crippen molar-refractivity contribution in [3.05, 3.63) is 50.9 Å². The lowest BCUT2D eigenvalue weighted by Crippen LogP contribution is -2.29. The third kappa shape index (κ3) is 4.85. The van der Waals surface area contributed by atoms with Crippen LogP contribution in [0.3, 0.4) is 0 Å². The Hall–Kier alpha value is -2.23. The van der Waals surface area contributed by atoms with E-state index in [0.717, 1.165) is 47.9 Å². The minimum atomic E-state index is -0.355. The summed E-state index contributed by atoms with van der Waals surface area (Å²) in [6.07, 6.45) is 4.89. The fourth-order valence-electron chi connectivity index (χ4n) is 4.53. The number of hydrogen-bond donors (Lipinski definition) is 1. The molecular formula is C24H26FN3O3S2. The van der Waals surface area contributed by atoms with Gasteiger partial charge in [0.25, 0.3) is 5.56 Å². The molecule has 5 rings (SSSR count). The van der Waals surface area contributed by atoms with Gasteiger partial charge >= 0.3 is 0 Å². The summed E-state index contributed by atoms with van der Waals surface area (Å²) < 4.78 is 20.6. The highest BCUT2D eigenvalue weighted by molar-refractivity contribution is 7.99. The van der Waals surface area contributed by atoms with Crippen molar-refractivity contribution in [1.82, 2.24) is 9.55 Å². The fourth-order valence-corrected chi connectivity index (χ4v) is 6.76. The largest absolute Gasteiger partial charge is 0.376 e. The Bertz CT molecular complexity index is 1230. The molecule has 0 radical (unpaired) electrons. The number of carbonyl (C=O) groups is 1. The summed E-state index contributed by atoms with van der Waals surface area (Å²) in [5.74, 6) is 0.127. The van der Waals surface area contributed by atoms with Crippen LogP contribution >= 0.6 is 23.1 Å². The molecule has 0 bridgehead atoms. The number of nitrogens with one attached hydrogen (secondary N) is 1. The quantitative estimate of drug-likeness (QED) is 0.405. The highest BCUT2D eigenvalue weighted by atomic mass is 32.2. The van der Waals surface area contributed by atoms with Gasteiger partial charge in [-0.25, -0.2) is 9.37 Å². The number of nitrogens with zero attached hydrogens (tertiary/aromatic N) is 2. The SMILES string of the molecule is CC1CCc2c(sc3nc(SCC(=O)Nc4ccc(F)cc4)n(CC4CCCO4)c(=O)c23)C1. The van der Waals surface area contributed by atoms with Crippen LogP contribution in [0.4, 0.5) is 10.1 Å². The number of aryl methyl sites for hydroxylation is 1. The van der Waals surface area contributed by atoms with Crippen LogP contribution in [0.5, 0.6) is 0 Å². The van der Waals surface area contributed by atoms with Crippen molar-refractivity contribution in [2.24, 2.45) is 5.92 Å². The maximum Gasteiger partial charge on any atom is 0.263 e. The Morgan fingerprint density at radius 2 is 2.15 bits per heavy atom. The van der Waals surface area contributed by atoms with Crippen molar-refractivity contribution >= 4 is 44.9 Å². The molecule has 1 N–H and O–H groups in total. The van der Waals surface area contributed by atoms with E-state index in [-0.39, 0.29) is 29.1 Å². The number of ether oxygens (including phenoxy) is 1. The minimum Gasteiger partial charge on any atom is -0.376 e. The van der Waals surface area contributed by atoms with Crippen molar-refractivity contribution in [3.63, 3.8) is 0 Å². The summed E-state index contributed by atoms with van der Waals surface area (Å²) in [5.41, 5.74) is 1.67. The number of fused-ring (bicyclic) bond motifs is 3. The number of rotatable bonds is 6. The molecule has 33 heavy (non-hydrogen) atoms. The standard InChI is InChI=1S/C24H26FN3O3S2/c1-14-4-9-18-19(11-14)33-22-21(18)23(30)28(12-17-3-2-10-31-17)24(27-22)32-13-20(29)26-16-7-5-15(25)6-8-16/h5-8,14,17H,2-4,9-13H2,1H3,(H,26,29). The van der Waals surface area contributed by atoms with Crippen LogP contribution in [0.1, 0.15) is 36.6 Å². The first-order chi connectivity index (χ1) is 16.0. The van der Waals surface area contributed by atoms with Crippen molar-refractivity contribution in [2.45, 2.75) is 56.8 Å². The van der Waals surface area contributed by atoms with Gasteiger partial charge in [0.05, 0.1) is 23.8 Å². The Kier molecular flexibility index (Phi) is 6.53. The molecule has 1 aliphatic carbocycles. The van der Waals surface area contributed by atoms with Crippen LogP contribution in [-0.4, -0.2) is 33.9 Å². The van der Waals surface area contributed by atoms with Crippen LogP contribution in [0, 0.1) is 11.7 Å². The number of thiophene rings is 1. The molecule has 2 unspecified atom stereocenters. The second kappa shape index (κ2) is 9.56. The van der Waals surface area contributed by atoms with Gasteiger partial charge in [-0.2, -0.15) is 0 Å². The topological polar surface area (TPSA) is 73.2 Å². The molecular weight excluding hydrogens is 461 g/mol. The van der Waals surface area contributed by atoms with E-state index in [4.69, 9.17) is 9.72 Å². The number of amides is 1. The average Bonchev–Trinajstić information content (AvgIpc) is 3.43. The first-order valence-corrected chi connectivity index (χ1v) is 13.1. The van der Waals surface area contributed by atoms with E-state index < -0.39 is 0 Å². The normalized spacial score (nSPS) is 20.2. The monoisotopic (exact) mass is 487 g/mol. The lowest BCUT2D eigenvalue weighted by Gasteiger charge is -2.18. The molecule has 1 fully saturated rings. The minimum absolute atomic E-state index is 0.0103. The second-order valence-corrected chi connectivity index (χ2v) is 10.8. The third-order valence-electron chi connectivity index (χ3n) is 6.25. The smallest absolute Gasteiger partial charge is 0.263 e. The molecule has 0 saturated carbocycles. The molecule has 1 saturated heterocycles. The van der Waals surface area contributed by atoms with Crippen LogP contribution in [0.25, 0.3) is 10.2 Å². The number of thioether (sulfide) groups is 1. The van der Waals surface area contributed by atoms with Gasteiger partial charge in [-0.1, -0.05) is 18.7 Å². The maximum absolute atomic E-state index is 13.6. The van der Waals surface area contributed by atoms with Gasteiger partial charge in [0.1, 0.15) is 10.6 Å². The van der Waals surface area contributed by atoms with E-state index >= 15 is 0 Å². The lowest BCUT2D eigenvalue weighted by atomic mass is 9.89. The highest BCUT2D eigenvalue weighted by Gasteiger charge is 2.26. The van der Waals surface area contributed by atoms with E-state index in [0.29, 0.717) is 29.9 Å². The van der Waals surface area contributed by atoms with E-state index in [1.165, 1.54) is 40.9 Å². The molecule has 9 heteroatoms. The fraction of sp³-hybridized carbons (Fsp3) is 0.458. The Morgan fingerprint density at radius 1 is 1.33 bits per heavy atom. The van der Waals surface area contributed by atoms with Crippen molar-refractivity contribution in [1.29, 1.82) is 0 Å². The van der Waals surface area contributed by atoms with Gasteiger partial charge < -0.3 is 10.1 Å². The first kappa shape index (κ1) is 22.6. The van der Waals surface area contributed by atoms with Gasteiger partial charge in [0.15, 0.2) is 5.16 Å². The highest BCUT2D eigenvalue weighted by Crippen LogP contribution is 2.36. The van der Waals surface area contributed by atoms with Crippen LogP contribution in [0.15, 0.2) is 34.2 Å². The first-order valence-electron chi connectivity index (χ1n) is 11.3. The van der Waals surface area contributed by atoms with Gasteiger partial charge in [0.2, 0.25) is 5.91 Å². The summed E-state index contributed by atoms with van der Waals surface area (Å²) in [6, 6.07) is 5.65. The van der Waals surface area contributed by atoms with Crippen LogP contribution in [0.2, 0.25) is 0 Å². The van der Waals surface area contributed by atoms with E-state index in [2.05, 4.69) is 12.2 Å². The average molecular weight is 488 g/mol. The van der Waals surface area contributed by atoms with Gasteiger partial charge in [-0.15, -0.1) is 11.3 Å². The van der Waals surface area contributed by atoms with Crippen LogP contribution < -0.4 is 10.9 Å². The number of aromatic nitrogens is 2. The van der Waals surface area contributed by atoms with Gasteiger partial charge in [0, 0.05) is 17.2 Å². The number of carbonyl (C=O) groups excluding carboxylic acids is 1. The predicted octanol–water partition coefficient (Wildman–Crippen LogP) is 4.63. The molecule has 6 nitrogen and oxygen atoms in total.